The molecule has 2 rings (SSSR count). The maximum Gasteiger partial charge on any atom is 0.223 e. The summed E-state index contributed by atoms with van der Waals surface area (Å²) in [6, 6.07) is 10.3. The SMILES string of the molecule is CC(CN)CC(=O)N1C(C)COC(c2ccccc2)C1C. The third kappa shape index (κ3) is 3.63. The third-order valence-electron chi connectivity index (χ3n) is 4.21. The first-order valence-electron chi connectivity index (χ1n) is 7.72. The number of carbonyl (C=O) groups excluding carboxylic acids is 1. The van der Waals surface area contributed by atoms with Crippen molar-refractivity contribution in [2.24, 2.45) is 11.7 Å². The largest absolute Gasteiger partial charge is 0.369 e. The Bertz CT molecular complexity index is 463. The lowest BCUT2D eigenvalue weighted by atomic mass is 9.97. The summed E-state index contributed by atoms with van der Waals surface area (Å²) >= 11 is 0. The molecule has 1 aliphatic rings. The average molecular weight is 290 g/mol. The number of rotatable bonds is 4. The molecule has 1 aliphatic heterocycles. The van der Waals surface area contributed by atoms with Gasteiger partial charge in [0.2, 0.25) is 5.91 Å². The highest BCUT2D eigenvalue weighted by atomic mass is 16.5. The monoisotopic (exact) mass is 290 g/mol. The summed E-state index contributed by atoms with van der Waals surface area (Å²) in [5.41, 5.74) is 6.77. The summed E-state index contributed by atoms with van der Waals surface area (Å²) in [4.78, 5) is 14.6. The molecule has 4 heteroatoms. The van der Waals surface area contributed by atoms with Gasteiger partial charge in [0.1, 0.15) is 6.10 Å². The molecule has 1 heterocycles. The normalized spacial score (nSPS) is 27.4. The Morgan fingerprint density at radius 2 is 2.05 bits per heavy atom. The number of nitrogens with two attached hydrogens (primary N) is 1. The van der Waals surface area contributed by atoms with Gasteiger partial charge in [-0.15, -0.1) is 0 Å². The average Bonchev–Trinajstić information content (AvgIpc) is 2.48. The fraction of sp³-hybridized carbons (Fsp3) is 0.588. The van der Waals surface area contributed by atoms with E-state index >= 15 is 0 Å². The minimum absolute atomic E-state index is 0.0358. The number of carbonyl (C=O) groups is 1. The van der Waals surface area contributed by atoms with Gasteiger partial charge in [-0.2, -0.15) is 0 Å². The Morgan fingerprint density at radius 1 is 1.38 bits per heavy atom. The van der Waals surface area contributed by atoms with Gasteiger partial charge in [-0.3, -0.25) is 4.79 Å². The van der Waals surface area contributed by atoms with Gasteiger partial charge in [0.25, 0.3) is 0 Å². The van der Waals surface area contributed by atoms with Gasteiger partial charge >= 0.3 is 0 Å². The molecule has 21 heavy (non-hydrogen) atoms. The number of amides is 1. The van der Waals surface area contributed by atoms with E-state index in [0.29, 0.717) is 19.6 Å². The van der Waals surface area contributed by atoms with Gasteiger partial charge in [0.15, 0.2) is 0 Å². The molecular weight excluding hydrogens is 264 g/mol. The molecule has 1 amide bonds. The smallest absolute Gasteiger partial charge is 0.223 e. The van der Waals surface area contributed by atoms with E-state index in [1.54, 1.807) is 0 Å². The predicted molar refractivity (Wildman–Crippen MR) is 83.7 cm³/mol. The molecule has 0 saturated carbocycles. The fourth-order valence-electron chi connectivity index (χ4n) is 2.99. The molecule has 0 spiro atoms. The van der Waals surface area contributed by atoms with E-state index in [1.165, 1.54) is 0 Å². The first-order valence-corrected chi connectivity index (χ1v) is 7.72. The lowest BCUT2D eigenvalue weighted by Gasteiger charge is -2.44. The van der Waals surface area contributed by atoms with E-state index in [9.17, 15) is 4.79 Å². The lowest BCUT2D eigenvalue weighted by Crippen LogP contribution is -2.54. The van der Waals surface area contributed by atoms with E-state index in [-0.39, 0.29) is 30.0 Å². The zero-order valence-corrected chi connectivity index (χ0v) is 13.2. The van der Waals surface area contributed by atoms with Crippen LogP contribution in [0.1, 0.15) is 38.9 Å². The van der Waals surface area contributed by atoms with Crippen LogP contribution in [0.25, 0.3) is 0 Å². The molecule has 2 N–H and O–H groups in total. The molecule has 1 aromatic rings. The van der Waals surface area contributed by atoms with Crippen molar-refractivity contribution >= 4 is 5.91 Å². The highest BCUT2D eigenvalue weighted by molar-refractivity contribution is 5.77. The standard InChI is InChI=1S/C17H26N2O2/c1-12(10-18)9-16(20)19-13(2)11-21-17(14(19)3)15-7-5-4-6-8-15/h4-8,12-14,17H,9-11,18H2,1-3H3. The van der Waals surface area contributed by atoms with E-state index in [1.807, 2.05) is 36.9 Å². The third-order valence-corrected chi connectivity index (χ3v) is 4.21. The zero-order chi connectivity index (χ0) is 15.4. The highest BCUT2D eigenvalue weighted by Gasteiger charge is 2.37. The number of nitrogens with zero attached hydrogens (tertiary/aromatic N) is 1. The Balaban J connectivity index is 2.14. The van der Waals surface area contributed by atoms with E-state index < -0.39 is 0 Å². The summed E-state index contributed by atoms with van der Waals surface area (Å²) in [7, 11) is 0. The van der Waals surface area contributed by atoms with Gasteiger partial charge in [-0.25, -0.2) is 0 Å². The predicted octanol–water partition coefficient (Wildman–Crippen LogP) is 2.35. The molecule has 0 aromatic heterocycles. The molecule has 4 unspecified atom stereocenters. The second kappa shape index (κ2) is 7.05. The van der Waals surface area contributed by atoms with Crippen molar-refractivity contribution in [3.05, 3.63) is 35.9 Å². The molecule has 1 fully saturated rings. The first-order chi connectivity index (χ1) is 10.0. The van der Waals surface area contributed by atoms with Crippen molar-refractivity contribution in [1.29, 1.82) is 0 Å². The number of hydrogen-bond acceptors (Lipinski definition) is 3. The van der Waals surface area contributed by atoms with Crippen LogP contribution < -0.4 is 5.73 Å². The minimum atomic E-state index is -0.0560. The van der Waals surface area contributed by atoms with Gasteiger partial charge in [0.05, 0.1) is 18.7 Å². The van der Waals surface area contributed by atoms with Crippen LogP contribution in [0.5, 0.6) is 0 Å². The minimum Gasteiger partial charge on any atom is -0.369 e. The Hall–Kier alpha value is -1.39. The molecular formula is C17H26N2O2. The number of benzene rings is 1. The van der Waals surface area contributed by atoms with E-state index in [0.717, 1.165) is 5.56 Å². The fourth-order valence-corrected chi connectivity index (χ4v) is 2.99. The first kappa shape index (κ1) is 16.0. The second-order valence-electron chi connectivity index (χ2n) is 6.10. The van der Waals surface area contributed by atoms with Crippen molar-refractivity contribution in [3.63, 3.8) is 0 Å². The van der Waals surface area contributed by atoms with Crippen molar-refractivity contribution in [3.8, 4) is 0 Å². The van der Waals surface area contributed by atoms with E-state index in [2.05, 4.69) is 19.1 Å². The maximum absolute atomic E-state index is 12.6. The number of morpholine rings is 1. The molecule has 1 aromatic carbocycles. The molecule has 116 valence electrons. The summed E-state index contributed by atoms with van der Waals surface area (Å²) in [6.45, 7) is 7.25. The Labute approximate surface area is 127 Å². The van der Waals surface area contributed by atoms with Gasteiger partial charge in [-0.05, 0) is 31.9 Å². The van der Waals surface area contributed by atoms with Crippen LogP contribution in [0.4, 0.5) is 0 Å². The molecule has 1 saturated heterocycles. The summed E-state index contributed by atoms with van der Waals surface area (Å²) in [5.74, 6) is 0.395. The lowest BCUT2D eigenvalue weighted by molar-refractivity contribution is -0.154. The topological polar surface area (TPSA) is 55.6 Å². The molecule has 0 aliphatic carbocycles. The quantitative estimate of drug-likeness (QED) is 0.926. The van der Waals surface area contributed by atoms with Crippen LogP contribution >= 0.6 is 0 Å². The van der Waals surface area contributed by atoms with Gasteiger partial charge in [0, 0.05) is 6.42 Å². The number of hydrogen-bond donors (Lipinski definition) is 1. The van der Waals surface area contributed by atoms with Crippen molar-refractivity contribution in [2.45, 2.75) is 45.4 Å². The summed E-state index contributed by atoms with van der Waals surface area (Å²) < 4.78 is 5.98. The summed E-state index contributed by atoms with van der Waals surface area (Å²) in [5, 5.41) is 0. The molecule has 4 nitrogen and oxygen atoms in total. The zero-order valence-electron chi connectivity index (χ0n) is 13.2. The van der Waals surface area contributed by atoms with Gasteiger partial charge < -0.3 is 15.4 Å². The van der Waals surface area contributed by atoms with Crippen molar-refractivity contribution in [2.75, 3.05) is 13.2 Å². The molecule has 4 atom stereocenters. The van der Waals surface area contributed by atoms with E-state index in [4.69, 9.17) is 10.5 Å². The highest BCUT2D eigenvalue weighted by Crippen LogP contribution is 2.31. The van der Waals surface area contributed by atoms with Crippen LogP contribution in [-0.4, -0.2) is 36.0 Å². The van der Waals surface area contributed by atoms with Crippen LogP contribution in [0, 0.1) is 5.92 Å². The Morgan fingerprint density at radius 3 is 2.67 bits per heavy atom. The van der Waals surface area contributed by atoms with Crippen LogP contribution in [-0.2, 0) is 9.53 Å². The van der Waals surface area contributed by atoms with Crippen LogP contribution in [0.2, 0.25) is 0 Å². The maximum atomic E-state index is 12.6. The Kier molecular flexibility index (Phi) is 5.37. The second-order valence-corrected chi connectivity index (χ2v) is 6.10. The van der Waals surface area contributed by atoms with Crippen molar-refractivity contribution < 1.29 is 9.53 Å². The van der Waals surface area contributed by atoms with Crippen LogP contribution in [0.15, 0.2) is 30.3 Å². The van der Waals surface area contributed by atoms with Crippen molar-refractivity contribution in [1.82, 2.24) is 4.90 Å². The number of ether oxygens (including phenoxy) is 1. The van der Waals surface area contributed by atoms with Gasteiger partial charge in [-0.1, -0.05) is 37.3 Å². The molecule has 0 bridgehead atoms. The summed E-state index contributed by atoms with van der Waals surface area (Å²) in [6.07, 6.45) is 0.451. The molecule has 0 radical (unpaired) electrons. The van der Waals surface area contributed by atoms with Crippen LogP contribution in [0.3, 0.4) is 0 Å².